The molecule has 5 nitrogen and oxygen atoms in total. The fraction of sp³-hybridized carbons (Fsp3) is 0.778. The Morgan fingerprint density at radius 1 is 1.43 bits per heavy atom. The highest BCUT2D eigenvalue weighted by atomic mass is 16.5. The fourth-order valence-electron chi connectivity index (χ4n) is 1.32. The van der Waals surface area contributed by atoms with Crippen LogP contribution >= 0.6 is 0 Å². The molecule has 14 heavy (non-hydrogen) atoms. The number of ether oxygens (including phenoxy) is 1. The van der Waals surface area contributed by atoms with E-state index in [1.54, 1.807) is 13.8 Å². The maximum absolute atomic E-state index is 11.6. The average Bonchev–Trinajstić information content (AvgIpc) is 2.27. The Hall–Kier alpha value is -1.10. The van der Waals surface area contributed by atoms with Gasteiger partial charge in [-0.1, -0.05) is 0 Å². The predicted octanol–water partition coefficient (Wildman–Crippen LogP) is 0.353. The molecule has 1 fully saturated rings. The van der Waals surface area contributed by atoms with Gasteiger partial charge in [0.1, 0.15) is 5.54 Å². The third-order valence-corrected chi connectivity index (χ3v) is 2.11. The van der Waals surface area contributed by atoms with Crippen molar-refractivity contribution in [3.8, 4) is 0 Å². The zero-order valence-corrected chi connectivity index (χ0v) is 8.79. The number of carbonyl (C=O) groups is 2. The van der Waals surface area contributed by atoms with Crippen molar-refractivity contribution in [1.82, 2.24) is 10.2 Å². The maximum Gasteiger partial charge on any atom is 0.325 e. The largest absolute Gasteiger partial charge is 0.380 e. The van der Waals surface area contributed by atoms with Crippen molar-refractivity contribution < 1.29 is 14.3 Å². The number of rotatable bonds is 4. The van der Waals surface area contributed by atoms with Crippen LogP contribution in [-0.4, -0.2) is 42.1 Å². The van der Waals surface area contributed by atoms with Crippen LogP contribution < -0.4 is 5.32 Å². The minimum absolute atomic E-state index is 0.192. The number of nitrogens with zero attached hydrogens (tertiary/aromatic N) is 1. The summed E-state index contributed by atoms with van der Waals surface area (Å²) in [6.45, 7) is 6.55. The Balaban J connectivity index is 2.53. The van der Waals surface area contributed by atoms with Gasteiger partial charge in [0.2, 0.25) is 0 Å². The molecule has 5 heteroatoms. The van der Waals surface area contributed by atoms with Gasteiger partial charge in [0, 0.05) is 6.61 Å². The minimum atomic E-state index is -0.775. The van der Waals surface area contributed by atoms with E-state index >= 15 is 0 Å². The molecule has 0 spiro atoms. The normalized spacial score (nSPS) is 20.1. The number of imide groups is 1. The van der Waals surface area contributed by atoms with Crippen molar-refractivity contribution in [1.29, 1.82) is 0 Å². The lowest BCUT2D eigenvalue weighted by atomic mass is 10.1. The highest BCUT2D eigenvalue weighted by molar-refractivity contribution is 6.06. The van der Waals surface area contributed by atoms with Gasteiger partial charge in [0.15, 0.2) is 0 Å². The molecule has 0 unspecified atom stereocenters. The van der Waals surface area contributed by atoms with E-state index in [4.69, 9.17) is 4.74 Å². The first-order valence-corrected chi connectivity index (χ1v) is 4.71. The molecule has 1 aliphatic heterocycles. The van der Waals surface area contributed by atoms with Gasteiger partial charge in [0.05, 0.1) is 13.2 Å². The number of hydrogen-bond acceptors (Lipinski definition) is 3. The molecule has 1 rings (SSSR count). The molecule has 0 aromatic heterocycles. The average molecular weight is 200 g/mol. The van der Waals surface area contributed by atoms with Gasteiger partial charge < -0.3 is 10.1 Å². The molecule has 0 aliphatic carbocycles. The lowest BCUT2D eigenvalue weighted by Gasteiger charge is -2.15. The first kappa shape index (κ1) is 11.0. The smallest absolute Gasteiger partial charge is 0.325 e. The Morgan fingerprint density at radius 2 is 2.07 bits per heavy atom. The lowest BCUT2D eigenvalue weighted by molar-refractivity contribution is -0.130. The summed E-state index contributed by atoms with van der Waals surface area (Å²) >= 11 is 0. The molecular formula is C9H16N2O3. The third kappa shape index (κ3) is 2.04. The highest BCUT2D eigenvalue weighted by Crippen LogP contribution is 2.15. The van der Waals surface area contributed by atoms with Crippen LogP contribution in [0.15, 0.2) is 0 Å². The highest BCUT2D eigenvalue weighted by Gasteiger charge is 2.43. The fourth-order valence-corrected chi connectivity index (χ4v) is 1.32. The van der Waals surface area contributed by atoms with Crippen molar-refractivity contribution in [2.24, 2.45) is 0 Å². The molecule has 0 aromatic carbocycles. The predicted molar refractivity (Wildman–Crippen MR) is 50.8 cm³/mol. The van der Waals surface area contributed by atoms with E-state index in [2.05, 4.69) is 5.32 Å². The van der Waals surface area contributed by atoms with Crippen LogP contribution in [0.2, 0.25) is 0 Å². The van der Waals surface area contributed by atoms with Crippen LogP contribution in [0.4, 0.5) is 4.79 Å². The maximum atomic E-state index is 11.6. The van der Waals surface area contributed by atoms with Gasteiger partial charge in [-0.3, -0.25) is 9.69 Å². The lowest BCUT2D eigenvalue weighted by Crippen LogP contribution is -2.40. The second kappa shape index (κ2) is 3.96. The Morgan fingerprint density at radius 3 is 2.50 bits per heavy atom. The summed E-state index contributed by atoms with van der Waals surface area (Å²) < 4.78 is 5.09. The Labute approximate surface area is 83.4 Å². The summed E-state index contributed by atoms with van der Waals surface area (Å²) in [4.78, 5) is 24.1. The van der Waals surface area contributed by atoms with E-state index in [1.165, 1.54) is 4.90 Å². The molecule has 3 amide bonds. The van der Waals surface area contributed by atoms with Crippen molar-refractivity contribution in [2.45, 2.75) is 26.3 Å². The zero-order chi connectivity index (χ0) is 10.8. The van der Waals surface area contributed by atoms with Crippen molar-refractivity contribution in [3.05, 3.63) is 0 Å². The van der Waals surface area contributed by atoms with Crippen molar-refractivity contribution in [2.75, 3.05) is 19.8 Å². The molecule has 1 aliphatic rings. The molecule has 0 aromatic rings. The van der Waals surface area contributed by atoms with Crippen molar-refractivity contribution in [3.63, 3.8) is 0 Å². The van der Waals surface area contributed by atoms with Crippen LogP contribution in [0.3, 0.4) is 0 Å². The van der Waals surface area contributed by atoms with Gasteiger partial charge in [-0.25, -0.2) is 4.79 Å². The number of urea groups is 1. The van der Waals surface area contributed by atoms with Gasteiger partial charge >= 0.3 is 6.03 Å². The Kier molecular flexibility index (Phi) is 3.10. The quantitative estimate of drug-likeness (QED) is 0.526. The molecule has 1 saturated heterocycles. The Bertz CT molecular complexity index is 250. The number of carbonyl (C=O) groups excluding carboxylic acids is 2. The molecule has 0 bridgehead atoms. The monoisotopic (exact) mass is 200 g/mol. The topological polar surface area (TPSA) is 58.6 Å². The van der Waals surface area contributed by atoms with E-state index in [0.29, 0.717) is 19.8 Å². The second-order valence-electron chi connectivity index (χ2n) is 3.71. The molecule has 1 N–H and O–H groups in total. The standard InChI is InChI=1S/C9H16N2O3/c1-4-14-6-5-11-7(12)9(2,3)10-8(11)13/h4-6H2,1-3H3,(H,10,13). The molecule has 1 heterocycles. The first-order chi connectivity index (χ1) is 6.49. The van der Waals surface area contributed by atoms with Gasteiger partial charge in [-0.05, 0) is 20.8 Å². The van der Waals surface area contributed by atoms with Crippen LogP contribution in [0.5, 0.6) is 0 Å². The van der Waals surface area contributed by atoms with E-state index in [9.17, 15) is 9.59 Å². The second-order valence-corrected chi connectivity index (χ2v) is 3.71. The summed E-state index contributed by atoms with van der Waals surface area (Å²) in [5, 5.41) is 2.60. The summed E-state index contributed by atoms with van der Waals surface area (Å²) in [6.07, 6.45) is 0. The first-order valence-electron chi connectivity index (χ1n) is 4.71. The summed E-state index contributed by atoms with van der Waals surface area (Å²) in [5.74, 6) is -0.192. The number of nitrogens with one attached hydrogen (secondary N) is 1. The molecular weight excluding hydrogens is 184 g/mol. The number of amides is 3. The van der Waals surface area contributed by atoms with E-state index in [0.717, 1.165) is 0 Å². The van der Waals surface area contributed by atoms with E-state index < -0.39 is 5.54 Å². The minimum Gasteiger partial charge on any atom is -0.380 e. The number of hydrogen-bond donors (Lipinski definition) is 1. The van der Waals surface area contributed by atoms with Gasteiger partial charge in [0.25, 0.3) is 5.91 Å². The summed E-state index contributed by atoms with van der Waals surface area (Å²) in [5.41, 5.74) is -0.775. The van der Waals surface area contributed by atoms with Crippen molar-refractivity contribution >= 4 is 11.9 Å². The third-order valence-electron chi connectivity index (χ3n) is 2.11. The summed E-state index contributed by atoms with van der Waals surface area (Å²) in [6, 6.07) is -0.334. The van der Waals surface area contributed by atoms with Crippen LogP contribution in [0.25, 0.3) is 0 Å². The van der Waals surface area contributed by atoms with Gasteiger partial charge in [-0.2, -0.15) is 0 Å². The molecule has 0 atom stereocenters. The molecule has 80 valence electrons. The summed E-state index contributed by atoms with van der Waals surface area (Å²) in [7, 11) is 0. The van der Waals surface area contributed by atoms with E-state index in [-0.39, 0.29) is 11.9 Å². The van der Waals surface area contributed by atoms with Crippen LogP contribution in [0.1, 0.15) is 20.8 Å². The van der Waals surface area contributed by atoms with Crippen LogP contribution in [0, 0.1) is 0 Å². The van der Waals surface area contributed by atoms with E-state index in [1.807, 2.05) is 6.92 Å². The SMILES string of the molecule is CCOCCN1C(=O)NC(C)(C)C1=O. The van der Waals surface area contributed by atoms with Crippen LogP contribution in [-0.2, 0) is 9.53 Å². The van der Waals surface area contributed by atoms with Gasteiger partial charge in [-0.15, -0.1) is 0 Å². The molecule has 0 radical (unpaired) electrons. The molecule has 0 saturated carbocycles. The zero-order valence-electron chi connectivity index (χ0n) is 8.79.